The van der Waals surface area contributed by atoms with Gasteiger partial charge in [0.2, 0.25) is 0 Å². The number of aromatic nitrogens is 2. The highest BCUT2D eigenvalue weighted by Crippen LogP contribution is 2.36. The van der Waals surface area contributed by atoms with Crippen LogP contribution in [0.3, 0.4) is 0 Å². The van der Waals surface area contributed by atoms with Crippen LogP contribution in [0.15, 0.2) is 17.0 Å². The molecule has 0 saturated carbocycles. The molecule has 1 atom stereocenters. The van der Waals surface area contributed by atoms with E-state index in [4.69, 9.17) is 23.2 Å². The summed E-state index contributed by atoms with van der Waals surface area (Å²) < 4.78 is 43.3. The Labute approximate surface area is 207 Å². The van der Waals surface area contributed by atoms with E-state index in [0.29, 0.717) is 15.7 Å². The lowest BCUT2D eigenvalue weighted by atomic mass is 10.1. The van der Waals surface area contributed by atoms with Crippen LogP contribution in [0.25, 0.3) is 0 Å². The number of hydrogen-bond acceptors (Lipinski definition) is 4. The third-order valence-corrected chi connectivity index (χ3v) is 8.34. The molecule has 11 heteroatoms. The normalized spacial score (nSPS) is 16.9. The molecule has 1 aromatic carbocycles. The maximum atomic E-state index is 14.0. The van der Waals surface area contributed by atoms with E-state index < -0.39 is 17.5 Å². The van der Waals surface area contributed by atoms with Gasteiger partial charge in [-0.05, 0) is 77.5 Å². The number of anilines is 1. The van der Waals surface area contributed by atoms with Crippen LogP contribution in [0.1, 0.15) is 29.8 Å². The summed E-state index contributed by atoms with van der Waals surface area (Å²) in [5.41, 5.74) is 1.84. The van der Waals surface area contributed by atoms with Gasteiger partial charge in [-0.2, -0.15) is 13.9 Å². The van der Waals surface area contributed by atoms with Gasteiger partial charge in [-0.3, -0.25) is 4.68 Å². The molecule has 0 N–H and O–H groups in total. The summed E-state index contributed by atoms with van der Waals surface area (Å²) >= 11 is 12.9. The maximum Gasteiger partial charge on any atom is 0.326 e. The van der Waals surface area contributed by atoms with E-state index >= 15 is 0 Å². The Balaban J connectivity index is 1.75. The molecule has 1 saturated heterocycles. The van der Waals surface area contributed by atoms with Crippen LogP contribution < -0.4 is 4.31 Å². The molecule has 0 spiro atoms. The summed E-state index contributed by atoms with van der Waals surface area (Å²) in [6.07, 6.45) is 2.83. The van der Waals surface area contributed by atoms with Crippen molar-refractivity contribution in [3.8, 4) is 0 Å². The lowest BCUT2D eigenvalue weighted by Crippen LogP contribution is -2.32. The molecule has 1 fully saturated rings. The number of nitrogens with zero attached hydrogens (tertiary/aromatic N) is 5. The SMILES string of the molecule is Cc1nn(C)c(C)c1N(C(F)F)S(=O)c1c(Cl)cc(CCCN2CCCN(C)CC2)cc1Cl. The highest BCUT2D eigenvalue weighted by Gasteiger charge is 2.32. The molecule has 1 aliphatic rings. The van der Waals surface area contributed by atoms with E-state index in [-0.39, 0.29) is 20.6 Å². The van der Waals surface area contributed by atoms with E-state index in [9.17, 15) is 13.0 Å². The third-order valence-electron chi connectivity index (χ3n) is 6.03. The van der Waals surface area contributed by atoms with E-state index in [0.717, 1.165) is 57.5 Å². The summed E-state index contributed by atoms with van der Waals surface area (Å²) in [6, 6.07) is 3.37. The molecule has 0 aliphatic carbocycles. The first kappa shape index (κ1) is 26.3. The predicted molar refractivity (Wildman–Crippen MR) is 131 cm³/mol. The summed E-state index contributed by atoms with van der Waals surface area (Å²) in [6.45, 7) is 5.51. The van der Waals surface area contributed by atoms with Crippen molar-refractivity contribution in [3.05, 3.63) is 39.1 Å². The van der Waals surface area contributed by atoms with Gasteiger partial charge in [0, 0.05) is 20.1 Å². The molecular weight excluding hydrogens is 491 g/mol. The molecule has 1 unspecified atom stereocenters. The van der Waals surface area contributed by atoms with Crippen molar-refractivity contribution in [2.45, 2.75) is 44.6 Å². The van der Waals surface area contributed by atoms with Crippen molar-refractivity contribution >= 4 is 39.9 Å². The van der Waals surface area contributed by atoms with Crippen LogP contribution in [-0.4, -0.2) is 70.1 Å². The zero-order chi connectivity index (χ0) is 24.3. The summed E-state index contributed by atoms with van der Waals surface area (Å²) in [5, 5.41) is 4.41. The van der Waals surface area contributed by atoms with E-state index in [2.05, 4.69) is 21.9 Å². The van der Waals surface area contributed by atoms with Gasteiger partial charge in [-0.25, -0.2) is 8.51 Å². The number of aryl methyl sites for hydroxylation is 3. The number of rotatable bonds is 8. The number of benzene rings is 1. The fourth-order valence-electron chi connectivity index (χ4n) is 4.19. The molecule has 3 rings (SSSR count). The van der Waals surface area contributed by atoms with E-state index in [1.54, 1.807) is 33.0 Å². The van der Waals surface area contributed by atoms with Crippen molar-refractivity contribution < 1.29 is 13.0 Å². The second kappa shape index (κ2) is 11.4. The standard InChI is InChI=1S/C22H31Cl2F2N5OS/c1-15-20(16(2)29(4)27-15)31(22(25)26)33(32)21-18(23)13-17(14-19(21)24)7-5-9-30-10-6-8-28(3)11-12-30/h13-14,22H,5-12H2,1-4H3. The highest BCUT2D eigenvalue weighted by atomic mass is 35.5. The van der Waals surface area contributed by atoms with Crippen LogP contribution >= 0.6 is 23.2 Å². The number of hydrogen-bond donors (Lipinski definition) is 0. The molecule has 1 aliphatic heterocycles. The Kier molecular flexibility index (Phi) is 9.14. The molecule has 0 bridgehead atoms. The minimum absolute atomic E-state index is 0.0133. The van der Waals surface area contributed by atoms with E-state index in [1.165, 1.54) is 4.68 Å². The maximum absolute atomic E-state index is 14.0. The Morgan fingerprint density at radius 1 is 1.12 bits per heavy atom. The zero-order valence-corrected chi connectivity index (χ0v) is 21.8. The first-order valence-electron chi connectivity index (χ1n) is 11.0. The van der Waals surface area contributed by atoms with Gasteiger partial charge in [0.05, 0.1) is 32.0 Å². The van der Waals surface area contributed by atoms with E-state index in [1.807, 2.05) is 0 Å². The molecule has 0 amide bonds. The van der Waals surface area contributed by atoms with Crippen molar-refractivity contribution in [1.82, 2.24) is 19.6 Å². The lowest BCUT2D eigenvalue weighted by molar-refractivity contribution is 0.163. The number of halogens is 4. The Morgan fingerprint density at radius 3 is 2.36 bits per heavy atom. The molecule has 0 radical (unpaired) electrons. The fourth-order valence-corrected chi connectivity index (χ4v) is 6.34. The second-order valence-corrected chi connectivity index (χ2v) is 10.6. The molecule has 2 aromatic rings. The third kappa shape index (κ3) is 6.25. The minimum Gasteiger partial charge on any atom is -0.305 e. The number of alkyl halides is 2. The molecule has 2 heterocycles. The summed E-state index contributed by atoms with van der Waals surface area (Å²) in [5.74, 6) is 0. The molecular formula is C22H31Cl2F2N5OS. The predicted octanol–water partition coefficient (Wildman–Crippen LogP) is 4.67. The van der Waals surface area contributed by atoms with Gasteiger partial charge >= 0.3 is 6.55 Å². The Hall–Kier alpha value is -1.26. The van der Waals surface area contributed by atoms with Crippen molar-refractivity contribution in [2.75, 3.05) is 44.1 Å². The van der Waals surface area contributed by atoms with Crippen LogP contribution in [0.2, 0.25) is 10.0 Å². The Morgan fingerprint density at radius 2 is 1.79 bits per heavy atom. The van der Waals surface area contributed by atoms with Gasteiger partial charge in [-0.15, -0.1) is 0 Å². The molecule has 1 aromatic heterocycles. The first-order valence-corrected chi connectivity index (χ1v) is 12.8. The fraction of sp³-hybridized carbons (Fsp3) is 0.591. The van der Waals surface area contributed by atoms with Gasteiger partial charge < -0.3 is 9.80 Å². The van der Waals surface area contributed by atoms with Gasteiger partial charge in [-0.1, -0.05) is 23.2 Å². The molecule has 6 nitrogen and oxygen atoms in total. The minimum atomic E-state index is -3.02. The van der Waals surface area contributed by atoms with Crippen LogP contribution in [0, 0.1) is 13.8 Å². The van der Waals surface area contributed by atoms with Crippen LogP contribution in [-0.2, 0) is 24.5 Å². The largest absolute Gasteiger partial charge is 0.326 e. The average Bonchev–Trinajstić information content (AvgIpc) is 2.87. The molecule has 184 valence electrons. The van der Waals surface area contributed by atoms with Crippen LogP contribution in [0.4, 0.5) is 14.5 Å². The smallest absolute Gasteiger partial charge is 0.305 e. The average molecular weight is 522 g/mol. The van der Waals surface area contributed by atoms with Crippen molar-refractivity contribution in [3.63, 3.8) is 0 Å². The highest BCUT2D eigenvalue weighted by molar-refractivity contribution is 7.86. The monoisotopic (exact) mass is 521 g/mol. The topological polar surface area (TPSA) is 44.6 Å². The van der Waals surface area contributed by atoms with Gasteiger partial charge in [0.15, 0.2) is 11.0 Å². The summed E-state index contributed by atoms with van der Waals surface area (Å²) in [7, 11) is 1.49. The Bertz CT molecular complexity index is 980. The zero-order valence-electron chi connectivity index (χ0n) is 19.5. The van der Waals surface area contributed by atoms with Crippen molar-refractivity contribution in [2.24, 2.45) is 7.05 Å². The quantitative estimate of drug-likeness (QED) is 0.473. The summed E-state index contributed by atoms with van der Waals surface area (Å²) in [4.78, 5) is 4.78. The first-order chi connectivity index (χ1) is 15.6. The van der Waals surface area contributed by atoms with Crippen LogP contribution in [0.5, 0.6) is 0 Å². The van der Waals surface area contributed by atoms with Gasteiger partial charge in [0.25, 0.3) is 0 Å². The second-order valence-electron chi connectivity index (χ2n) is 8.49. The van der Waals surface area contributed by atoms with Gasteiger partial charge in [0.1, 0.15) is 0 Å². The number of likely N-dealkylation sites (N-methyl/N-ethyl adjacent to an activating group) is 1. The van der Waals surface area contributed by atoms with Crippen molar-refractivity contribution in [1.29, 1.82) is 0 Å². The lowest BCUT2D eigenvalue weighted by Gasteiger charge is -2.24. The molecule has 33 heavy (non-hydrogen) atoms.